The number of likely N-dealkylation sites (tertiary alicyclic amines) is 1. The molecule has 1 atom stereocenters. The summed E-state index contributed by atoms with van der Waals surface area (Å²) in [6, 6.07) is 0.774. The molecule has 4 nitrogen and oxygen atoms in total. The molecule has 0 spiro atoms. The zero-order valence-electron chi connectivity index (χ0n) is 13.6. The minimum Gasteiger partial charge on any atom is -0.342 e. The highest BCUT2D eigenvalue weighted by Gasteiger charge is 2.26. The lowest BCUT2D eigenvalue weighted by Gasteiger charge is -2.36. The van der Waals surface area contributed by atoms with Crippen molar-refractivity contribution >= 4 is 18.3 Å². The molecular weight excluding hydrogens is 286 g/mol. The van der Waals surface area contributed by atoms with E-state index in [1.54, 1.807) is 0 Å². The van der Waals surface area contributed by atoms with Crippen LogP contribution < -0.4 is 5.73 Å². The van der Waals surface area contributed by atoms with Crippen LogP contribution in [0.1, 0.15) is 51.9 Å². The number of nitrogens with two attached hydrogens (primary N) is 1. The molecule has 2 N–H and O–H groups in total. The quantitative estimate of drug-likeness (QED) is 0.865. The van der Waals surface area contributed by atoms with Gasteiger partial charge in [0.15, 0.2) is 0 Å². The van der Waals surface area contributed by atoms with Crippen LogP contribution in [0.25, 0.3) is 0 Å². The number of carbonyl (C=O) groups is 1. The number of hydrogen-bond acceptors (Lipinski definition) is 3. The molecule has 1 aliphatic carbocycles. The third kappa shape index (κ3) is 5.42. The van der Waals surface area contributed by atoms with Gasteiger partial charge in [-0.25, -0.2) is 0 Å². The molecule has 1 amide bonds. The summed E-state index contributed by atoms with van der Waals surface area (Å²) < 4.78 is 0. The Balaban J connectivity index is 0.00000220. The van der Waals surface area contributed by atoms with Crippen LogP contribution in [0.15, 0.2) is 0 Å². The van der Waals surface area contributed by atoms with E-state index in [0.717, 1.165) is 25.9 Å². The SMILES string of the molecule is CC(N)C1CCN(CC(=O)N(C)C2CCCCC2)CC1.Cl. The molecule has 0 aromatic carbocycles. The number of halogens is 1. The predicted molar refractivity (Wildman–Crippen MR) is 89.7 cm³/mol. The van der Waals surface area contributed by atoms with Crippen LogP contribution in [0, 0.1) is 5.92 Å². The highest BCUT2D eigenvalue weighted by Crippen LogP contribution is 2.23. The number of nitrogens with zero attached hydrogens (tertiary/aromatic N) is 2. The third-order valence-electron chi connectivity index (χ3n) is 5.25. The van der Waals surface area contributed by atoms with Crippen LogP contribution in [0.2, 0.25) is 0 Å². The van der Waals surface area contributed by atoms with Crippen molar-refractivity contribution in [2.24, 2.45) is 11.7 Å². The molecule has 0 bridgehead atoms. The van der Waals surface area contributed by atoms with E-state index in [1.165, 1.54) is 32.1 Å². The molecule has 1 unspecified atom stereocenters. The Bertz CT molecular complexity index is 311. The topological polar surface area (TPSA) is 49.6 Å². The van der Waals surface area contributed by atoms with Crippen molar-refractivity contribution in [3.05, 3.63) is 0 Å². The van der Waals surface area contributed by atoms with Crippen LogP contribution in [0.3, 0.4) is 0 Å². The van der Waals surface area contributed by atoms with E-state index < -0.39 is 0 Å². The number of piperidine rings is 1. The molecule has 1 aliphatic heterocycles. The molecule has 2 aliphatic rings. The maximum absolute atomic E-state index is 12.4. The van der Waals surface area contributed by atoms with Gasteiger partial charge in [0.25, 0.3) is 0 Å². The largest absolute Gasteiger partial charge is 0.342 e. The Morgan fingerprint density at radius 1 is 1.19 bits per heavy atom. The molecule has 1 heterocycles. The first-order chi connectivity index (χ1) is 9.58. The first-order valence-electron chi connectivity index (χ1n) is 8.31. The van der Waals surface area contributed by atoms with Gasteiger partial charge in [-0.3, -0.25) is 9.69 Å². The van der Waals surface area contributed by atoms with Crippen molar-refractivity contribution in [1.29, 1.82) is 0 Å². The fourth-order valence-corrected chi connectivity index (χ4v) is 3.61. The van der Waals surface area contributed by atoms with Crippen LogP contribution in [-0.2, 0) is 4.79 Å². The lowest BCUT2D eigenvalue weighted by Crippen LogP contribution is -2.47. The summed E-state index contributed by atoms with van der Waals surface area (Å²) in [4.78, 5) is 16.7. The Kier molecular flexibility index (Phi) is 7.99. The minimum atomic E-state index is 0. The smallest absolute Gasteiger partial charge is 0.236 e. The van der Waals surface area contributed by atoms with Crippen LogP contribution in [0.4, 0.5) is 0 Å². The molecule has 0 aromatic rings. The van der Waals surface area contributed by atoms with Gasteiger partial charge in [0.05, 0.1) is 6.54 Å². The minimum absolute atomic E-state index is 0. The maximum atomic E-state index is 12.4. The van der Waals surface area contributed by atoms with Gasteiger partial charge in [0.1, 0.15) is 0 Å². The van der Waals surface area contributed by atoms with E-state index in [2.05, 4.69) is 11.8 Å². The second kappa shape index (κ2) is 8.96. The number of carbonyl (C=O) groups excluding carboxylic acids is 1. The lowest BCUT2D eigenvalue weighted by molar-refractivity contribution is -0.134. The zero-order chi connectivity index (χ0) is 14.5. The van der Waals surface area contributed by atoms with Gasteiger partial charge in [-0.15, -0.1) is 12.4 Å². The maximum Gasteiger partial charge on any atom is 0.236 e. The monoisotopic (exact) mass is 317 g/mol. The van der Waals surface area contributed by atoms with Crippen molar-refractivity contribution in [3.63, 3.8) is 0 Å². The van der Waals surface area contributed by atoms with Gasteiger partial charge in [-0.05, 0) is 51.6 Å². The average Bonchev–Trinajstić information content (AvgIpc) is 2.48. The molecule has 1 saturated carbocycles. The zero-order valence-corrected chi connectivity index (χ0v) is 14.4. The Morgan fingerprint density at radius 2 is 1.76 bits per heavy atom. The summed E-state index contributed by atoms with van der Waals surface area (Å²) in [6.07, 6.45) is 8.55. The third-order valence-corrected chi connectivity index (χ3v) is 5.25. The van der Waals surface area contributed by atoms with Crippen molar-refractivity contribution in [2.45, 2.75) is 64.0 Å². The van der Waals surface area contributed by atoms with Crippen molar-refractivity contribution in [2.75, 3.05) is 26.7 Å². The number of amides is 1. The fourth-order valence-electron chi connectivity index (χ4n) is 3.61. The average molecular weight is 318 g/mol. The molecule has 5 heteroatoms. The summed E-state index contributed by atoms with van der Waals surface area (Å²) in [7, 11) is 1.99. The van der Waals surface area contributed by atoms with Gasteiger partial charge in [-0.1, -0.05) is 19.3 Å². The summed E-state index contributed by atoms with van der Waals surface area (Å²) in [6.45, 7) is 4.74. The highest BCUT2D eigenvalue weighted by molar-refractivity contribution is 5.85. The number of hydrogen-bond donors (Lipinski definition) is 1. The Hall–Kier alpha value is -0.320. The molecule has 21 heavy (non-hydrogen) atoms. The standard InChI is InChI=1S/C16H31N3O.ClH/c1-13(17)14-8-10-19(11-9-14)12-16(20)18(2)15-6-4-3-5-7-15;/h13-15H,3-12,17H2,1-2H3;1H. The van der Waals surface area contributed by atoms with E-state index in [-0.39, 0.29) is 18.4 Å². The lowest BCUT2D eigenvalue weighted by atomic mass is 9.91. The van der Waals surface area contributed by atoms with Crippen molar-refractivity contribution in [3.8, 4) is 0 Å². The fraction of sp³-hybridized carbons (Fsp3) is 0.938. The summed E-state index contributed by atoms with van der Waals surface area (Å²) >= 11 is 0. The predicted octanol–water partition coefficient (Wildman–Crippen LogP) is 2.26. The summed E-state index contributed by atoms with van der Waals surface area (Å²) in [5.74, 6) is 0.938. The molecule has 0 aromatic heterocycles. The second-order valence-corrected chi connectivity index (χ2v) is 6.77. The van der Waals surface area contributed by atoms with Crippen LogP contribution >= 0.6 is 12.4 Å². The molecule has 2 rings (SSSR count). The van der Waals surface area contributed by atoms with Gasteiger partial charge in [0.2, 0.25) is 5.91 Å². The van der Waals surface area contributed by atoms with E-state index in [0.29, 0.717) is 24.4 Å². The summed E-state index contributed by atoms with van der Waals surface area (Å²) in [5, 5.41) is 0. The summed E-state index contributed by atoms with van der Waals surface area (Å²) in [5.41, 5.74) is 5.97. The van der Waals surface area contributed by atoms with Crippen LogP contribution in [-0.4, -0.2) is 54.5 Å². The molecule has 2 fully saturated rings. The van der Waals surface area contributed by atoms with Gasteiger partial charge < -0.3 is 10.6 Å². The van der Waals surface area contributed by atoms with Gasteiger partial charge in [-0.2, -0.15) is 0 Å². The van der Waals surface area contributed by atoms with E-state index in [4.69, 9.17) is 5.73 Å². The molecule has 124 valence electrons. The molecule has 1 saturated heterocycles. The normalized spacial score (nSPS) is 23.4. The van der Waals surface area contributed by atoms with Gasteiger partial charge >= 0.3 is 0 Å². The molecular formula is C16H32ClN3O. The number of likely N-dealkylation sites (N-methyl/N-ethyl adjacent to an activating group) is 1. The van der Waals surface area contributed by atoms with E-state index in [1.807, 2.05) is 11.9 Å². The first kappa shape index (κ1) is 18.7. The molecule has 0 radical (unpaired) electrons. The van der Waals surface area contributed by atoms with E-state index in [9.17, 15) is 4.79 Å². The Labute approximate surface area is 135 Å². The van der Waals surface area contributed by atoms with Gasteiger partial charge in [0, 0.05) is 19.1 Å². The first-order valence-corrected chi connectivity index (χ1v) is 8.31. The highest BCUT2D eigenvalue weighted by atomic mass is 35.5. The van der Waals surface area contributed by atoms with Crippen LogP contribution in [0.5, 0.6) is 0 Å². The van der Waals surface area contributed by atoms with Crippen molar-refractivity contribution < 1.29 is 4.79 Å². The Morgan fingerprint density at radius 3 is 2.29 bits per heavy atom. The van der Waals surface area contributed by atoms with E-state index >= 15 is 0 Å². The second-order valence-electron chi connectivity index (χ2n) is 6.77. The number of rotatable bonds is 4. The van der Waals surface area contributed by atoms with Crippen molar-refractivity contribution in [1.82, 2.24) is 9.80 Å².